The molecule has 4 heteroatoms. The molecule has 0 aromatic heterocycles. The molecule has 0 atom stereocenters. The number of hydrogen-bond donors (Lipinski definition) is 0. The summed E-state index contributed by atoms with van der Waals surface area (Å²) in [5, 5.41) is 0. The van der Waals surface area contributed by atoms with Crippen molar-refractivity contribution in [3.63, 3.8) is 0 Å². The fraction of sp³-hybridized carbons (Fsp3) is 0.500. The molecule has 0 saturated heterocycles. The summed E-state index contributed by atoms with van der Waals surface area (Å²) in [6.45, 7) is 6.05. The third-order valence-electron chi connectivity index (χ3n) is 2.63. The van der Waals surface area contributed by atoms with Crippen LogP contribution >= 0.6 is 0 Å². The Labute approximate surface area is 98.1 Å². The van der Waals surface area contributed by atoms with Crippen LogP contribution in [0.15, 0.2) is 24.3 Å². The van der Waals surface area contributed by atoms with Crippen molar-refractivity contribution in [2.24, 2.45) is 0 Å². The van der Waals surface area contributed by atoms with E-state index < -0.39 is 10.0 Å². The zero-order chi connectivity index (χ0) is 12.2. The van der Waals surface area contributed by atoms with E-state index >= 15 is 0 Å². The third kappa shape index (κ3) is 2.55. The Hall–Kier alpha value is -1.03. The first kappa shape index (κ1) is 13.0. The van der Waals surface area contributed by atoms with Crippen LogP contribution in [0.2, 0.25) is 0 Å². The maximum absolute atomic E-state index is 11.9. The second-order valence-corrected chi connectivity index (χ2v) is 5.73. The second-order valence-electron chi connectivity index (χ2n) is 3.55. The average Bonchev–Trinajstić information content (AvgIpc) is 2.30. The van der Waals surface area contributed by atoms with Crippen LogP contribution in [0.4, 0.5) is 5.69 Å². The number of rotatable bonds is 5. The van der Waals surface area contributed by atoms with E-state index in [4.69, 9.17) is 0 Å². The Morgan fingerprint density at radius 1 is 1.12 bits per heavy atom. The number of anilines is 1. The van der Waals surface area contributed by atoms with Gasteiger partial charge in [-0.25, -0.2) is 8.42 Å². The molecule has 0 unspecified atom stereocenters. The third-order valence-corrected chi connectivity index (χ3v) is 4.49. The molecule has 1 aromatic rings. The smallest absolute Gasteiger partial charge is 0.234 e. The first-order valence-electron chi connectivity index (χ1n) is 5.65. The van der Waals surface area contributed by atoms with Crippen LogP contribution in [-0.2, 0) is 16.4 Å². The van der Waals surface area contributed by atoms with E-state index in [1.54, 1.807) is 6.92 Å². The van der Waals surface area contributed by atoms with Gasteiger partial charge in [0.1, 0.15) is 0 Å². The molecule has 0 spiro atoms. The molecule has 0 aliphatic rings. The topological polar surface area (TPSA) is 37.4 Å². The fourth-order valence-corrected chi connectivity index (χ4v) is 2.91. The Kier molecular flexibility index (Phi) is 4.35. The van der Waals surface area contributed by atoms with Crippen molar-refractivity contribution < 1.29 is 8.42 Å². The van der Waals surface area contributed by atoms with Gasteiger partial charge in [-0.3, -0.25) is 4.31 Å². The minimum absolute atomic E-state index is 0.138. The molecule has 90 valence electrons. The summed E-state index contributed by atoms with van der Waals surface area (Å²) in [5.74, 6) is 0.138. The maximum Gasteiger partial charge on any atom is 0.234 e. The van der Waals surface area contributed by atoms with Gasteiger partial charge in [0.2, 0.25) is 10.0 Å². The summed E-state index contributed by atoms with van der Waals surface area (Å²) in [5.41, 5.74) is 1.88. The quantitative estimate of drug-likeness (QED) is 0.794. The molecule has 0 amide bonds. The van der Waals surface area contributed by atoms with Crippen LogP contribution in [0.1, 0.15) is 26.3 Å². The lowest BCUT2D eigenvalue weighted by molar-refractivity contribution is 0.593. The lowest BCUT2D eigenvalue weighted by Crippen LogP contribution is -2.32. The summed E-state index contributed by atoms with van der Waals surface area (Å²) in [6.07, 6.45) is 0.839. The maximum atomic E-state index is 11.9. The lowest BCUT2D eigenvalue weighted by Gasteiger charge is -2.24. The molecule has 0 N–H and O–H groups in total. The molecule has 0 saturated carbocycles. The minimum Gasteiger partial charge on any atom is -0.270 e. The molecule has 1 rings (SSSR count). The van der Waals surface area contributed by atoms with Crippen molar-refractivity contribution in [1.29, 1.82) is 0 Å². The van der Waals surface area contributed by atoms with Gasteiger partial charge < -0.3 is 0 Å². The van der Waals surface area contributed by atoms with Crippen molar-refractivity contribution in [3.8, 4) is 0 Å². The summed E-state index contributed by atoms with van der Waals surface area (Å²) in [6, 6.07) is 7.66. The summed E-state index contributed by atoms with van der Waals surface area (Å²) in [7, 11) is -3.16. The van der Waals surface area contributed by atoms with E-state index in [9.17, 15) is 8.42 Å². The monoisotopic (exact) mass is 241 g/mol. The Morgan fingerprint density at radius 2 is 1.75 bits per heavy atom. The lowest BCUT2D eigenvalue weighted by atomic mass is 10.1. The fourth-order valence-electron chi connectivity index (χ4n) is 1.73. The zero-order valence-corrected chi connectivity index (χ0v) is 10.9. The molecule has 16 heavy (non-hydrogen) atoms. The molecular formula is C12H19NO2S. The molecular weight excluding hydrogens is 222 g/mol. The van der Waals surface area contributed by atoms with Gasteiger partial charge in [-0.05, 0) is 31.9 Å². The molecule has 3 nitrogen and oxygen atoms in total. The molecule has 1 aromatic carbocycles. The standard InChI is InChI=1S/C12H19NO2S/c1-4-11-9-7-8-10-12(11)13(5-2)16(14,15)6-3/h7-10H,4-6H2,1-3H3. The summed E-state index contributed by atoms with van der Waals surface area (Å²) < 4.78 is 25.3. The van der Waals surface area contributed by atoms with E-state index in [1.807, 2.05) is 38.1 Å². The first-order chi connectivity index (χ1) is 7.56. The largest absolute Gasteiger partial charge is 0.270 e. The number of para-hydroxylation sites is 1. The van der Waals surface area contributed by atoms with E-state index in [0.717, 1.165) is 17.7 Å². The van der Waals surface area contributed by atoms with Crippen LogP contribution < -0.4 is 4.31 Å². The Bertz CT molecular complexity index is 440. The van der Waals surface area contributed by atoms with Crippen molar-refractivity contribution in [3.05, 3.63) is 29.8 Å². The van der Waals surface area contributed by atoms with Crippen LogP contribution in [-0.4, -0.2) is 20.7 Å². The van der Waals surface area contributed by atoms with Gasteiger partial charge in [0.15, 0.2) is 0 Å². The number of sulfonamides is 1. The van der Waals surface area contributed by atoms with Gasteiger partial charge in [-0.1, -0.05) is 25.1 Å². The van der Waals surface area contributed by atoms with E-state index in [-0.39, 0.29) is 5.75 Å². The predicted molar refractivity (Wildman–Crippen MR) is 68.3 cm³/mol. The summed E-state index contributed by atoms with van der Waals surface area (Å²) in [4.78, 5) is 0. The molecule has 0 fully saturated rings. The highest BCUT2D eigenvalue weighted by molar-refractivity contribution is 7.92. The van der Waals surface area contributed by atoms with Gasteiger partial charge in [0.25, 0.3) is 0 Å². The highest BCUT2D eigenvalue weighted by Gasteiger charge is 2.20. The van der Waals surface area contributed by atoms with Gasteiger partial charge in [0, 0.05) is 6.54 Å². The Balaban J connectivity index is 3.24. The number of hydrogen-bond acceptors (Lipinski definition) is 2. The van der Waals surface area contributed by atoms with Crippen molar-refractivity contribution >= 4 is 15.7 Å². The van der Waals surface area contributed by atoms with Crippen LogP contribution in [0.5, 0.6) is 0 Å². The van der Waals surface area contributed by atoms with Crippen LogP contribution in [0.3, 0.4) is 0 Å². The molecule has 0 radical (unpaired) electrons. The SMILES string of the molecule is CCc1ccccc1N(CC)S(=O)(=O)CC. The predicted octanol–water partition coefficient (Wildman–Crippen LogP) is 2.43. The normalized spacial score (nSPS) is 11.4. The highest BCUT2D eigenvalue weighted by Crippen LogP contribution is 2.23. The number of aryl methyl sites for hydroxylation is 1. The number of benzene rings is 1. The van der Waals surface area contributed by atoms with Gasteiger partial charge in [-0.2, -0.15) is 0 Å². The van der Waals surface area contributed by atoms with Gasteiger partial charge in [-0.15, -0.1) is 0 Å². The molecule has 0 aliphatic carbocycles. The second kappa shape index (κ2) is 5.34. The van der Waals surface area contributed by atoms with Crippen LogP contribution in [0, 0.1) is 0 Å². The number of nitrogens with zero attached hydrogens (tertiary/aromatic N) is 1. The van der Waals surface area contributed by atoms with E-state index in [1.165, 1.54) is 4.31 Å². The molecule has 0 aliphatic heterocycles. The average molecular weight is 241 g/mol. The van der Waals surface area contributed by atoms with Gasteiger partial charge in [0.05, 0.1) is 11.4 Å². The molecule has 0 heterocycles. The van der Waals surface area contributed by atoms with E-state index in [2.05, 4.69) is 0 Å². The first-order valence-corrected chi connectivity index (χ1v) is 7.26. The summed E-state index contributed by atoms with van der Waals surface area (Å²) >= 11 is 0. The highest BCUT2D eigenvalue weighted by atomic mass is 32.2. The zero-order valence-electron chi connectivity index (χ0n) is 10.1. The molecule has 0 bridgehead atoms. The van der Waals surface area contributed by atoms with Crippen molar-refractivity contribution in [2.75, 3.05) is 16.6 Å². The van der Waals surface area contributed by atoms with Crippen molar-refractivity contribution in [2.45, 2.75) is 27.2 Å². The van der Waals surface area contributed by atoms with Gasteiger partial charge >= 0.3 is 0 Å². The van der Waals surface area contributed by atoms with Crippen molar-refractivity contribution in [1.82, 2.24) is 0 Å². The van der Waals surface area contributed by atoms with Crippen LogP contribution in [0.25, 0.3) is 0 Å². The van der Waals surface area contributed by atoms with E-state index in [0.29, 0.717) is 6.54 Å². The Morgan fingerprint density at radius 3 is 2.25 bits per heavy atom. The minimum atomic E-state index is -3.16.